The van der Waals surface area contributed by atoms with Gasteiger partial charge in [-0.25, -0.2) is 0 Å². The van der Waals surface area contributed by atoms with Gasteiger partial charge in [0.2, 0.25) is 0 Å². The molecule has 0 aliphatic heterocycles. The lowest BCUT2D eigenvalue weighted by Crippen LogP contribution is -2.06. The van der Waals surface area contributed by atoms with Crippen LogP contribution in [0.3, 0.4) is 0 Å². The number of carboxylic acids is 2. The summed E-state index contributed by atoms with van der Waals surface area (Å²) < 4.78 is 0. The van der Waals surface area contributed by atoms with Gasteiger partial charge in [0.15, 0.2) is 0 Å². The van der Waals surface area contributed by atoms with Crippen LogP contribution in [0.15, 0.2) is 12.4 Å². The molecule has 1 aromatic heterocycles. The predicted molar refractivity (Wildman–Crippen MR) is 44.7 cm³/mol. The van der Waals surface area contributed by atoms with Gasteiger partial charge in [-0.2, -0.15) is 0 Å². The monoisotopic (exact) mass is 196 g/mol. The Morgan fingerprint density at radius 2 is 1.36 bits per heavy atom. The fourth-order valence-electron chi connectivity index (χ4n) is 0.874. The number of carboxylic acid groups (broad SMARTS) is 2. The van der Waals surface area contributed by atoms with Crippen molar-refractivity contribution in [1.29, 1.82) is 0 Å². The topological polar surface area (TPSA) is 100 Å². The number of hydrogen-bond donors (Lipinski definition) is 2. The number of rotatable bonds is 4. The van der Waals surface area contributed by atoms with Crippen LogP contribution in [0.5, 0.6) is 0 Å². The summed E-state index contributed by atoms with van der Waals surface area (Å²) in [4.78, 5) is 28.1. The summed E-state index contributed by atoms with van der Waals surface area (Å²) in [6, 6.07) is 0. The minimum Gasteiger partial charge on any atom is -0.481 e. The Labute approximate surface area is 79.2 Å². The minimum absolute atomic E-state index is 0.208. The van der Waals surface area contributed by atoms with Gasteiger partial charge < -0.3 is 10.2 Å². The zero-order chi connectivity index (χ0) is 10.6. The molecule has 0 spiro atoms. The van der Waals surface area contributed by atoms with E-state index in [0.29, 0.717) is 11.4 Å². The Morgan fingerprint density at radius 3 is 1.57 bits per heavy atom. The first-order valence-corrected chi connectivity index (χ1v) is 3.81. The second-order valence-electron chi connectivity index (χ2n) is 2.64. The highest BCUT2D eigenvalue weighted by molar-refractivity contribution is 5.70. The van der Waals surface area contributed by atoms with Gasteiger partial charge in [0, 0.05) is 12.4 Å². The molecule has 0 aliphatic rings. The van der Waals surface area contributed by atoms with E-state index >= 15 is 0 Å². The third kappa shape index (κ3) is 3.18. The van der Waals surface area contributed by atoms with E-state index in [1.807, 2.05) is 0 Å². The van der Waals surface area contributed by atoms with Crippen LogP contribution in [-0.2, 0) is 22.4 Å². The van der Waals surface area contributed by atoms with Crippen molar-refractivity contribution in [1.82, 2.24) is 9.97 Å². The third-order valence-electron chi connectivity index (χ3n) is 1.42. The molecular weight excluding hydrogens is 188 g/mol. The molecular formula is C8H8N2O4. The van der Waals surface area contributed by atoms with Crippen LogP contribution < -0.4 is 0 Å². The zero-order valence-electron chi connectivity index (χ0n) is 7.17. The maximum absolute atomic E-state index is 10.3. The van der Waals surface area contributed by atoms with E-state index in [2.05, 4.69) is 9.97 Å². The fourth-order valence-corrected chi connectivity index (χ4v) is 0.874. The summed E-state index contributed by atoms with van der Waals surface area (Å²) in [5, 5.41) is 16.8. The van der Waals surface area contributed by atoms with Crippen LogP contribution in [0, 0.1) is 0 Å². The molecule has 0 radical (unpaired) electrons. The van der Waals surface area contributed by atoms with Gasteiger partial charge in [-0.15, -0.1) is 0 Å². The van der Waals surface area contributed by atoms with E-state index in [9.17, 15) is 9.59 Å². The lowest BCUT2D eigenvalue weighted by atomic mass is 10.3. The Morgan fingerprint density at radius 1 is 1.00 bits per heavy atom. The Kier molecular flexibility index (Phi) is 3.11. The van der Waals surface area contributed by atoms with Crippen LogP contribution >= 0.6 is 0 Å². The van der Waals surface area contributed by atoms with E-state index in [1.165, 1.54) is 12.4 Å². The largest absolute Gasteiger partial charge is 0.481 e. The predicted octanol–water partition coefficient (Wildman–Crippen LogP) is -0.269. The van der Waals surface area contributed by atoms with Crippen LogP contribution in [0.4, 0.5) is 0 Å². The molecule has 6 nitrogen and oxygen atoms in total. The summed E-state index contributed by atoms with van der Waals surface area (Å²) in [5.74, 6) is -1.99. The standard InChI is InChI=1S/C8H8N2O4/c11-7(12)1-5-3-10-6(4-9-5)2-8(13)14/h3-4H,1-2H2,(H,11,12)(H,13,14). The average Bonchev–Trinajstić information content (AvgIpc) is 2.06. The molecule has 74 valence electrons. The molecule has 0 amide bonds. The fraction of sp³-hybridized carbons (Fsp3) is 0.250. The van der Waals surface area contributed by atoms with Gasteiger partial charge in [0.25, 0.3) is 0 Å². The molecule has 1 aromatic rings. The van der Waals surface area contributed by atoms with E-state index < -0.39 is 11.9 Å². The van der Waals surface area contributed by atoms with Gasteiger partial charge in [-0.05, 0) is 0 Å². The van der Waals surface area contributed by atoms with Crippen molar-refractivity contribution in [3.8, 4) is 0 Å². The summed E-state index contributed by atoms with van der Waals surface area (Å²) in [6.45, 7) is 0. The Balaban J connectivity index is 2.68. The number of aromatic nitrogens is 2. The van der Waals surface area contributed by atoms with Crippen LogP contribution in [0.1, 0.15) is 11.4 Å². The second-order valence-corrected chi connectivity index (χ2v) is 2.64. The quantitative estimate of drug-likeness (QED) is 0.687. The first-order valence-electron chi connectivity index (χ1n) is 3.81. The highest BCUT2D eigenvalue weighted by Crippen LogP contribution is 1.97. The van der Waals surface area contributed by atoms with Gasteiger partial charge in [-0.3, -0.25) is 19.6 Å². The third-order valence-corrected chi connectivity index (χ3v) is 1.42. The summed E-state index contributed by atoms with van der Waals surface area (Å²) in [5.41, 5.74) is 0.623. The van der Waals surface area contributed by atoms with Crippen molar-refractivity contribution >= 4 is 11.9 Å². The van der Waals surface area contributed by atoms with E-state index in [0.717, 1.165) is 0 Å². The molecule has 0 saturated heterocycles. The lowest BCUT2D eigenvalue weighted by molar-refractivity contribution is -0.137. The SMILES string of the molecule is O=C(O)Cc1cnc(CC(=O)O)cn1. The van der Waals surface area contributed by atoms with E-state index in [-0.39, 0.29) is 12.8 Å². The van der Waals surface area contributed by atoms with Gasteiger partial charge in [0.05, 0.1) is 24.2 Å². The molecule has 6 heteroatoms. The summed E-state index contributed by atoms with van der Waals surface area (Å²) in [7, 11) is 0. The normalized spacial score (nSPS) is 9.71. The molecule has 2 N–H and O–H groups in total. The molecule has 0 fully saturated rings. The van der Waals surface area contributed by atoms with Gasteiger partial charge >= 0.3 is 11.9 Å². The van der Waals surface area contributed by atoms with Crippen LogP contribution in [0.25, 0.3) is 0 Å². The molecule has 0 atom stereocenters. The highest BCUT2D eigenvalue weighted by Gasteiger charge is 2.05. The molecule has 0 aliphatic carbocycles. The number of hydrogen-bond acceptors (Lipinski definition) is 4. The molecule has 14 heavy (non-hydrogen) atoms. The van der Waals surface area contributed by atoms with Crippen molar-refractivity contribution < 1.29 is 19.8 Å². The first kappa shape index (κ1) is 10.1. The Hall–Kier alpha value is -1.98. The molecule has 0 bridgehead atoms. The molecule has 1 rings (SSSR count). The summed E-state index contributed by atoms with van der Waals surface area (Å²) in [6.07, 6.45) is 2.12. The number of carbonyl (C=O) groups is 2. The summed E-state index contributed by atoms with van der Waals surface area (Å²) >= 11 is 0. The smallest absolute Gasteiger partial charge is 0.309 e. The first-order chi connectivity index (χ1) is 6.58. The molecule has 0 unspecified atom stereocenters. The maximum Gasteiger partial charge on any atom is 0.309 e. The maximum atomic E-state index is 10.3. The van der Waals surface area contributed by atoms with Gasteiger partial charge in [0.1, 0.15) is 0 Å². The van der Waals surface area contributed by atoms with E-state index in [1.54, 1.807) is 0 Å². The molecule has 0 saturated carbocycles. The van der Waals surface area contributed by atoms with Crippen molar-refractivity contribution in [2.24, 2.45) is 0 Å². The van der Waals surface area contributed by atoms with E-state index in [4.69, 9.17) is 10.2 Å². The van der Waals surface area contributed by atoms with Crippen molar-refractivity contribution in [3.05, 3.63) is 23.8 Å². The zero-order valence-corrected chi connectivity index (χ0v) is 7.17. The number of aliphatic carboxylic acids is 2. The Bertz CT molecular complexity index is 312. The average molecular weight is 196 g/mol. The highest BCUT2D eigenvalue weighted by atomic mass is 16.4. The van der Waals surface area contributed by atoms with Crippen molar-refractivity contribution in [3.63, 3.8) is 0 Å². The van der Waals surface area contributed by atoms with Gasteiger partial charge in [-0.1, -0.05) is 0 Å². The lowest BCUT2D eigenvalue weighted by Gasteiger charge is -1.97. The van der Waals surface area contributed by atoms with Crippen LogP contribution in [-0.4, -0.2) is 32.1 Å². The molecule has 1 heterocycles. The second kappa shape index (κ2) is 4.31. The van der Waals surface area contributed by atoms with Crippen molar-refractivity contribution in [2.45, 2.75) is 12.8 Å². The van der Waals surface area contributed by atoms with Crippen LogP contribution in [0.2, 0.25) is 0 Å². The molecule has 0 aromatic carbocycles. The van der Waals surface area contributed by atoms with Crippen molar-refractivity contribution in [2.75, 3.05) is 0 Å². The number of nitrogens with zero attached hydrogens (tertiary/aromatic N) is 2. The minimum atomic E-state index is -0.995.